The number of methoxy groups -OCH3 is 1. The zero-order valence-corrected chi connectivity index (χ0v) is 17.4. The maximum atomic E-state index is 13.1. The summed E-state index contributed by atoms with van der Waals surface area (Å²) in [5.74, 6) is 0.756. The lowest BCUT2D eigenvalue weighted by molar-refractivity contribution is -0.384. The minimum atomic E-state index is -4.03. The van der Waals surface area contributed by atoms with Crippen molar-refractivity contribution in [2.75, 3.05) is 20.2 Å². The lowest BCUT2D eigenvalue weighted by Crippen LogP contribution is -2.45. The van der Waals surface area contributed by atoms with Crippen LogP contribution in [0.5, 0.6) is 11.5 Å². The Morgan fingerprint density at radius 1 is 1.27 bits per heavy atom. The molecule has 0 aromatic heterocycles. The topological polar surface area (TPSA) is 116 Å². The van der Waals surface area contributed by atoms with Gasteiger partial charge in [-0.25, -0.2) is 8.42 Å². The lowest BCUT2D eigenvalue weighted by Gasteiger charge is -2.34. The SMILES string of the molecule is COc1ccc2c(c1)C(=O)CC1(CCN(S(=O)(=O)c3ccc(Cl)c([N+](=O)[O-])c3)C1)O2. The van der Waals surface area contributed by atoms with Crippen LogP contribution in [0.2, 0.25) is 5.02 Å². The highest BCUT2D eigenvalue weighted by Crippen LogP contribution is 2.41. The van der Waals surface area contributed by atoms with Crippen LogP contribution in [0.3, 0.4) is 0 Å². The number of hydrogen-bond acceptors (Lipinski definition) is 7. The molecule has 0 N–H and O–H groups in total. The number of ether oxygens (including phenoxy) is 2. The molecule has 1 unspecified atom stereocenters. The Morgan fingerprint density at radius 3 is 2.73 bits per heavy atom. The number of sulfonamides is 1. The predicted octanol–water partition coefficient (Wildman–Crippen LogP) is 3.06. The van der Waals surface area contributed by atoms with E-state index in [1.807, 2.05) is 0 Å². The Kier molecular flexibility index (Phi) is 4.95. The third-order valence-electron chi connectivity index (χ3n) is 5.33. The molecule has 2 aromatic rings. The fourth-order valence-corrected chi connectivity index (χ4v) is 5.50. The number of Topliss-reactive ketones (excluding diaryl/α,β-unsaturated/α-hetero) is 1. The van der Waals surface area contributed by atoms with Crippen molar-refractivity contribution < 1.29 is 27.6 Å². The highest BCUT2D eigenvalue weighted by Gasteiger charge is 2.49. The van der Waals surface area contributed by atoms with Crippen LogP contribution in [0.4, 0.5) is 5.69 Å². The standard InChI is InChI=1S/C19H17ClN2O7S/c1-28-12-2-5-18-14(8-12)17(23)10-19(29-18)6-7-21(11-19)30(26,27)13-3-4-15(20)16(9-13)22(24)25/h2-5,8-9H,6-7,10-11H2,1H3. The van der Waals surface area contributed by atoms with Gasteiger partial charge in [-0.2, -0.15) is 4.31 Å². The van der Waals surface area contributed by atoms with E-state index >= 15 is 0 Å². The molecular formula is C19H17ClN2O7S. The van der Waals surface area contributed by atoms with E-state index in [1.165, 1.54) is 23.5 Å². The van der Waals surface area contributed by atoms with Crippen molar-refractivity contribution >= 4 is 33.1 Å². The second-order valence-corrected chi connectivity index (χ2v) is 9.55. The van der Waals surface area contributed by atoms with Crippen molar-refractivity contribution in [2.24, 2.45) is 0 Å². The first kappa shape index (κ1) is 20.6. The summed E-state index contributed by atoms with van der Waals surface area (Å²) < 4.78 is 38.5. The van der Waals surface area contributed by atoms with Gasteiger partial charge < -0.3 is 9.47 Å². The summed E-state index contributed by atoms with van der Waals surface area (Å²) in [4.78, 5) is 22.8. The van der Waals surface area contributed by atoms with E-state index in [-0.39, 0.29) is 35.2 Å². The van der Waals surface area contributed by atoms with Crippen molar-refractivity contribution in [3.63, 3.8) is 0 Å². The molecule has 30 heavy (non-hydrogen) atoms. The van der Waals surface area contributed by atoms with E-state index in [0.29, 0.717) is 23.5 Å². The molecule has 0 radical (unpaired) electrons. The summed E-state index contributed by atoms with van der Waals surface area (Å²) in [5, 5.41) is 11.0. The molecule has 158 valence electrons. The molecule has 2 aromatic carbocycles. The Bertz CT molecular complexity index is 1170. The molecule has 4 rings (SSSR count). The van der Waals surface area contributed by atoms with E-state index in [0.717, 1.165) is 6.07 Å². The van der Waals surface area contributed by atoms with Gasteiger partial charge in [0.05, 0.1) is 35.5 Å². The van der Waals surface area contributed by atoms with Crippen LogP contribution in [0.15, 0.2) is 41.3 Å². The van der Waals surface area contributed by atoms with Crippen molar-refractivity contribution in [3.8, 4) is 11.5 Å². The Hall–Kier alpha value is -2.69. The normalized spacial score (nSPS) is 21.3. The van der Waals surface area contributed by atoms with E-state index in [1.54, 1.807) is 18.2 Å². The van der Waals surface area contributed by atoms with Crippen molar-refractivity contribution in [2.45, 2.75) is 23.3 Å². The van der Waals surface area contributed by atoms with Gasteiger partial charge in [0.2, 0.25) is 10.0 Å². The van der Waals surface area contributed by atoms with Gasteiger partial charge in [0, 0.05) is 19.0 Å². The van der Waals surface area contributed by atoms with Gasteiger partial charge in [-0.1, -0.05) is 11.6 Å². The molecule has 11 heteroatoms. The summed E-state index contributed by atoms with van der Waals surface area (Å²) in [6, 6.07) is 8.25. The third-order valence-corrected chi connectivity index (χ3v) is 7.49. The summed E-state index contributed by atoms with van der Waals surface area (Å²) in [6.07, 6.45) is 0.346. The number of carbonyl (C=O) groups excluding carboxylic acids is 1. The van der Waals surface area contributed by atoms with Crippen LogP contribution < -0.4 is 9.47 Å². The highest BCUT2D eigenvalue weighted by molar-refractivity contribution is 7.89. The predicted molar refractivity (Wildman–Crippen MR) is 107 cm³/mol. The largest absolute Gasteiger partial charge is 0.497 e. The Balaban J connectivity index is 1.62. The average molecular weight is 453 g/mol. The Labute approximate surface area is 177 Å². The van der Waals surface area contributed by atoms with Gasteiger partial charge in [0.25, 0.3) is 5.69 Å². The molecule has 0 amide bonds. The number of nitro groups is 1. The molecule has 9 nitrogen and oxygen atoms in total. The molecule has 0 bridgehead atoms. The molecule has 2 heterocycles. The number of rotatable bonds is 4. The first-order valence-electron chi connectivity index (χ1n) is 9.00. The lowest BCUT2D eigenvalue weighted by atomic mass is 9.89. The van der Waals surface area contributed by atoms with Crippen molar-refractivity contribution in [1.82, 2.24) is 4.31 Å². The number of ketones is 1. The zero-order chi connectivity index (χ0) is 21.7. The average Bonchev–Trinajstić information content (AvgIpc) is 3.11. The van der Waals surface area contributed by atoms with Gasteiger partial charge in [0.1, 0.15) is 22.1 Å². The maximum absolute atomic E-state index is 13.1. The first-order valence-corrected chi connectivity index (χ1v) is 10.8. The number of benzene rings is 2. The van der Waals surface area contributed by atoms with E-state index in [4.69, 9.17) is 21.1 Å². The van der Waals surface area contributed by atoms with Crippen LogP contribution in [-0.4, -0.2) is 49.2 Å². The summed E-state index contributed by atoms with van der Waals surface area (Å²) >= 11 is 5.79. The van der Waals surface area contributed by atoms with Gasteiger partial charge in [-0.3, -0.25) is 14.9 Å². The summed E-state index contributed by atoms with van der Waals surface area (Å²) in [7, 11) is -2.54. The molecule has 0 saturated carbocycles. The van der Waals surface area contributed by atoms with Crippen LogP contribution in [0.1, 0.15) is 23.2 Å². The number of fused-ring (bicyclic) bond motifs is 1. The highest BCUT2D eigenvalue weighted by atomic mass is 35.5. The molecule has 0 aliphatic carbocycles. The van der Waals surface area contributed by atoms with E-state index in [9.17, 15) is 23.3 Å². The number of nitrogens with zero attached hydrogens (tertiary/aromatic N) is 2. The fourth-order valence-electron chi connectivity index (χ4n) is 3.78. The summed E-state index contributed by atoms with van der Waals surface area (Å²) in [6.45, 7) is 0.0838. The minimum Gasteiger partial charge on any atom is -0.497 e. The maximum Gasteiger partial charge on any atom is 0.289 e. The van der Waals surface area contributed by atoms with E-state index < -0.39 is 26.2 Å². The minimum absolute atomic E-state index is 0.0277. The smallest absolute Gasteiger partial charge is 0.289 e. The molecule has 2 aliphatic rings. The van der Waals surface area contributed by atoms with Gasteiger partial charge in [-0.05, 0) is 30.3 Å². The first-order chi connectivity index (χ1) is 14.1. The molecule has 1 spiro atoms. The number of hydrogen-bond donors (Lipinski definition) is 0. The van der Waals surface area contributed by atoms with Crippen LogP contribution in [0, 0.1) is 10.1 Å². The summed E-state index contributed by atoms with van der Waals surface area (Å²) in [5.41, 5.74) is -1.07. The Morgan fingerprint density at radius 2 is 2.03 bits per heavy atom. The van der Waals surface area contributed by atoms with Gasteiger partial charge in [-0.15, -0.1) is 0 Å². The number of nitro benzene ring substituents is 1. The molecule has 1 atom stereocenters. The van der Waals surface area contributed by atoms with Crippen LogP contribution >= 0.6 is 11.6 Å². The zero-order valence-electron chi connectivity index (χ0n) is 15.8. The number of carbonyl (C=O) groups is 1. The van der Waals surface area contributed by atoms with Crippen LogP contribution in [-0.2, 0) is 10.0 Å². The van der Waals surface area contributed by atoms with E-state index in [2.05, 4.69) is 0 Å². The molecular weight excluding hydrogens is 436 g/mol. The van der Waals surface area contributed by atoms with Crippen molar-refractivity contribution in [3.05, 3.63) is 57.1 Å². The van der Waals surface area contributed by atoms with Crippen LogP contribution in [0.25, 0.3) is 0 Å². The van der Waals surface area contributed by atoms with Gasteiger partial charge in [0.15, 0.2) is 5.78 Å². The van der Waals surface area contributed by atoms with Crippen molar-refractivity contribution in [1.29, 1.82) is 0 Å². The molecule has 1 fully saturated rings. The second kappa shape index (κ2) is 7.22. The number of halogens is 1. The van der Waals surface area contributed by atoms with Gasteiger partial charge >= 0.3 is 0 Å². The molecule has 1 saturated heterocycles. The fraction of sp³-hybridized carbons (Fsp3) is 0.316. The molecule has 2 aliphatic heterocycles. The second-order valence-electron chi connectivity index (χ2n) is 7.21. The quantitative estimate of drug-likeness (QED) is 0.517. The third kappa shape index (κ3) is 3.40. The monoisotopic (exact) mass is 452 g/mol.